The third-order valence-electron chi connectivity index (χ3n) is 5.34. The number of benzene rings is 2. The number of ether oxygens (including phenoxy) is 2. The molecule has 0 aliphatic carbocycles. The number of aromatic nitrogens is 1. The molecule has 34 heavy (non-hydrogen) atoms. The lowest BCUT2D eigenvalue weighted by Gasteiger charge is -2.24. The van der Waals surface area contributed by atoms with Crippen LogP contribution in [0.5, 0.6) is 5.75 Å². The molecule has 174 valence electrons. The first kappa shape index (κ1) is 23.1. The molecule has 1 N–H and O–H groups in total. The van der Waals surface area contributed by atoms with Crippen LogP contribution in [0.25, 0.3) is 6.08 Å². The van der Waals surface area contributed by atoms with Crippen molar-refractivity contribution in [2.24, 2.45) is 4.99 Å². The minimum atomic E-state index is -0.881. The lowest BCUT2D eigenvalue weighted by Crippen LogP contribution is -2.40. The largest absolute Gasteiger partial charge is 0.497 e. The lowest BCUT2D eigenvalue weighted by molar-refractivity contribution is -0.729. The Morgan fingerprint density at radius 3 is 2.65 bits per heavy atom. The molecular formula is C24H22N3O6S+. The number of carbonyl (C=O) groups is 1. The van der Waals surface area contributed by atoms with Crippen LogP contribution in [0.1, 0.15) is 31.0 Å². The minimum Gasteiger partial charge on any atom is -0.497 e. The van der Waals surface area contributed by atoms with Crippen LogP contribution in [0.3, 0.4) is 0 Å². The Morgan fingerprint density at radius 1 is 1.26 bits per heavy atom. The summed E-state index contributed by atoms with van der Waals surface area (Å²) >= 11 is 1.20. The Balaban J connectivity index is 1.94. The van der Waals surface area contributed by atoms with Crippen molar-refractivity contribution in [2.75, 3.05) is 13.7 Å². The van der Waals surface area contributed by atoms with E-state index in [1.54, 1.807) is 51.3 Å². The fourth-order valence-corrected chi connectivity index (χ4v) is 4.82. The molecule has 1 aromatic heterocycles. The van der Waals surface area contributed by atoms with E-state index < -0.39 is 12.0 Å². The van der Waals surface area contributed by atoms with Gasteiger partial charge in [0.2, 0.25) is 0 Å². The quantitative estimate of drug-likeness (QED) is 0.429. The van der Waals surface area contributed by atoms with Crippen LogP contribution in [-0.2, 0) is 9.53 Å². The number of hydrogen-bond acceptors (Lipinski definition) is 7. The molecule has 2 aromatic carbocycles. The molecule has 0 spiro atoms. The molecule has 3 aromatic rings. The molecular weight excluding hydrogens is 458 g/mol. The topological polar surface area (TPSA) is 110 Å². The number of thiazole rings is 1. The third kappa shape index (κ3) is 4.27. The molecule has 0 saturated heterocycles. The molecule has 4 rings (SSSR count). The standard InChI is InChI=1S/C24H22N3O6S/c1-4-33-23(29)20-14(2)25-24-26(21(20)16-6-5-7-17(13-16)27(30)31)22(28)19(34-24)12-15-8-10-18(32-3)11-9-15/h5-13,21H,4H2,1-3H3,(H,30,31)/q+1/b19-12-. The molecule has 9 nitrogen and oxygen atoms in total. The van der Waals surface area contributed by atoms with Gasteiger partial charge in [0.15, 0.2) is 4.80 Å². The molecule has 1 unspecified atom stereocenters. The van der Waals surface area contributed by atoms with Crippen LogP contribution >= 0.6 is 11.3 Å². The van der Waals surface area contributed by atoms with Gasteiger partial charge in [0, 0.05) is 12.1 Å². The Labute approximate surface area is 198 Å². The fraction of sp³-hybridized carbons (Fsp3) is 0.208. The fourth-order valence-electron chi connectivity index (χ4n) is 3.77. The van der Waals surface area contributed by atoms with Gasteiger partial charge >= 0.3 is 11.7 Å². The number of rotatable bonds is 6. The Hall–Kier alpha value is -4.05. The second-order valence-corrected chi connectivity index (χ2v) is 8.45. The summed E-state index contributed by atoms with van der Waals surface area (Å²) in [5.74, 6) is 0.0936. The first-order chi connectivity index (χ1) is 16.3. The van der Waals surface area contributed by atoms with Gasteiger partial charge in [0.1, 0.15) is 5.75 Å². The predicted molar refractivity (Wildman–Crippen MR) is 125 cm³/mol. The normalized spacial score (nSPS) is 15.5. The van der Waals surface area contributed by atoms with Gasteiger partial charge in [-0.3, -0.25) is 9.36 Å². The van der Waals surface area contributed by atoms with E-state index in [9.17, 15) is 19.7 Å². The highest BCUT2D eigenvalue weighted by atomic mass is 32.1. The van der Waals surface area contributed by atoms with Crippen LogP contribution < -0.4 is 19.6 Å². The zero-order valence-corrected chi connectivity index (χ0v) is 19.5. The Morgan fingerprint density at radius 2 is 2.00 bits per heavy atom. The SMILES string of the molecule is CCOC(=O)C1=C(C)N=c2s/c(=C\c3ccc(OC)cc3)c(=O)n2C1c1cccc([N+](=O)O)c1. The van der Waals surface area contributed by atoms with Gasteiger partial charge < -0.3 is 9.47 Å². The summed E-state index contributed by atoms with van der Waals surface area (Å²) in [6.45, 7) is 3.51. The Bertz CT molecular complexity index is 1480. The van der Waals surface area contributed by atoms with E-state index in [4.69, 9.17) is 9.47 Å². The summed E-state index contributed by atoms with van der Waals surface area (Å²) in [6.07, 6.45) is 1.74. The lowest BCUT2D eigenvalue weighted by atomic mass is 9.95. The maximum Gasteiger partial charge on any atom is 0.338 e. The zero-order valence-electron chi connectivity index (χ0n) is 18.7. The van der Waals surface area contributed by atoms with Crippen molar-refractivity contribution in [3.05, 3.63) is 95.5 Å². The van der Waals surface area contributed by atoms with Crippen molar-refractivity contribution >= 4 is 29.1 Å². The van der Waals surface area contributed by atoms with E-state index >= 15 is 0 Å². The van der Waals surface area contributed by atoms with Gasteiger partial charge in [0.05, 0.1) is 40.5 Å². The van der Waals surface area contributed by atoms with Gasteiger partial charge in [-0.1, -0.05) is 35.6 Å². The number of fused-ring (bicyclic) bond motifs is 1. The number of allylic oxidation sites excluding steroid dienone is 1. The molecule has 2 heterocycles. The van der Waals surface area contributed by atoms with E-state index in [0.717, 1.165) is 5.56 Å². The van der Waals surface area contributed by atoms with Crippen molar-refractivity contribution in [3.8, 4) is 5.75 Å². The molecule has 0 fully saturated rings. The third-order valence-corrected chi connectivity index (χ3v) is 6.32. The van der Waals surface area contributed by atoms with E-state index in [-0.39, 0.29) is 28.3 Å². The van der Waals surface area contributed by atoms with Crippen molar-refractivity contribution < 1.29 is 24.4 Å². The molecule has 1 aliphatic heterocycles. The van der Waals surface area contributed by atoms with Gasteiger partial charge in [0.25, 0.3) is 10.5 Å². The summed E-state index contributed by atoms with van der Waals surface area (Å²) in [5.41, 5.74) is 1.49. The van der Waals surface area contributed by atoms with Gasteiger partial charge in [-0.2, -0.15) is 0 Å². The second kappa shape index (κ2) is 9.44. The van der Waals surface area contributed by atoms with Crippen molar-refractivity contribution in [2.45, 2.75) is 19.9 Å². The van der Waals surface area contributed by atoms with E-state index in [1.807, 2.05) is 12.1 Å². The van der Waals surface area contributed by atoms with Crippen LogP contribution in [0.15, 0.2) is 69.6 Å². The van der Waals surface area contributed by atoms with Crippen LogP contribution in [-0.4, -0.2) is 34.4 Å². The monoisotopic (exact) mass is 480 g/mol. The number of carbonyl (C=O) groups excluding carboxylic acids is 1. The molecule has 0 amide bonds. The molecule has 0 saturated carbocycles. The first-order valence-corrected chi connectivity index (χ1v) is 11.3. The number of nitrogens with zero attached hydrogens (tertiary/aromatic N) is 3. The summed E-state index contributed by atoms with van der Waals surface area (Å²) in [6, 6.07) is 12.5. The maximum absolute atomic E-state index is 13.5. The second-order valence-electron chi connectivity index (χ2n) is 7.44. The molecule has 0 radical (unpaired) electrons. The summed E-state index contributed by atoms with van der Waals surface area (Å²) in [7, 11) is 1.58. The number of esters is 1. The molecule has 10 heteroatoms. The smallest absolute Gasteiger partial charge is 0.338 e. The first-order valence-electron chi connectivity index (χ1n) is 10.4. The molecule has 0 bridgehead atoms. The van der Waals surface area contributed by atoms with Crippen molar-refractivity contribution in [1.29, 1.82) is 0 Å². The molecule has 1 atom stereocenters. The van der Waals surface area contributed by atoms with Crippen LogP contribution in [0.4, 0.5) is 5.69 Å². The van der Waals surface area contributed by atoms with E-state index in [0.29, 0.717) is 26.3 Å². The molecule has 1 aliphatic rings. The van der Waals surface area contributed by atoms with Crippen LogP contribution in [0.2, 0.25) is 0 Å². The van der Waals surface area contributed by atoms with Crippen LogP contribution in [0, 0.1) is 4.91 Å². The highest BCUT2D eigenvalue weighted by molar-refractivity contribution is 7.07. The van der Waals surface area contributed by atoms with Gasteiger partial charge in [-0.25, -0.2) is 15.0 Å². The van der Waals surface area contributed by atoms with Gasteiger partial charge in [-0.15, -0.1) is 0 Å². The zero-order chi connectivity index (χ0) is 24.4. The van der Waals surface area contributed by atoms with E-state index in [1.165, 1.54) is 28.0 Å². The highest BCUT2D eigenvalue weighted by Gasteiger charge is 2.34. The van der Waals surface area contributed by atoms with E-state index in [2.05, 4.69) is 4.99 Å². The summed E-state index contributed by atoms with van der Waals surface area (Å²) in [5, 5.41) is 9.39. The van der Waals surface area contributed by atoms with Crippen molar-refractivity contribution in [1.82, 2.24) is 4.57 Å². The highest BCUT2D eigenvalue weighted by Crippen LogP contribution is 2.32. The van der Waals surface area contributed by atoms with Crippen molar-refractivity contribution in [3.63, 3.8) is 0 Å². The van der Waals surface area contributed by atoms with Gasteiger partial charge in [-0.05, 0) is 43.2 Å². The average Bonchev–Trinajstić information content (AvgIpc) is 3.13. The Kier molecular flexibility index (Phi) is 6.42. The number of methoxy groups -OCH3 is 1. The summed E-state index contributed by atoms with van der Waals surface area (Å²) < 4.78 is 12.3. The maximum atomic E-state index is 13.5. The summed E-state index contributed by atoms with van der Waals surface area (Å²) in [4.78, 5) is 42.6. The minimum absolute atomic E-state index is 0.0317. The average molecular weight is 481 g/mol. The predicted octanol–water partition coefficient (Wildman–Crippen LogP) is 2.61. The number of hydrogen-bond donors (Lipinski definition) is 1.